The van der Waals surface area contributed by atoms with E-state index in [4.69, 9.17) is 14.9 Å². The number of aliphatic carboxylic acids is 1. The number of ether oxygens (including phenoxy) is 1. The SMILES string of the molecule is O=C(O)/C=C/c1ccc(Oc2ccc(O)cc2)cc1. The maximum Gasteiger partial charge on any atom is 0.328 e. The van der Waals surface area contributed by atoms with E-state index in [-0.39, 0.29) is 5.75 Å². The van der Waals surface area contributed by atoms with Gasteiger partial charge in [-0.05, 0) is 48.0 Å². The molecule has 0 saturated heterocycles. The third-order valence-corrected chi connectivity index (χ3v) is 2.37. The summed E-state index contributed by atoms with van der Waals surface area (Å²) in [7, 11) is 0. The molecule has 0 radical (unpaired) electrons. The van der Waals surface area contributed by atoms with Gasteiger partial charge in [-0.25, -0.2) is 4.79 Å². The number of rotatable bonds is 4. The van der Waals surface area contributed by atoms with Crippen molar-refractivity contribution in [3.8, 4) is 17.2 Å². The molecule has 4 nitrogen and oxygen atoms in total. The molecule has 0 aliphatic heterocycles. The molecular weight excluding hydrogens is 244 g/mol. The first kappa shape index (κ1) is 12.7. The van der Waals surface area contributed by atoms with E-state index in [0.717, 1.165) is 11.6 Å². The number of phenols is 1. The van der Waals surface area contributed by atoms with Crippen LogP contribution in [0.15, 0.2) is 54.6 Å². The molecule has 2 rings (SSSR count). The Kier molecular flexibility index (Phi) is 3.83. The molecule has 2 aromatic rings. The van der Waals surface area contributed by atoms with Crippen LogP contribution in [0.4, 0.5) is 0 Å². The highest BCUT2D eigenvalue weighted by atomic mass is 16.5. The lowest BCUT2D eigenvalue weighted by Crippen LogP contribution is -1.86. The molecule has 96 valence electrons. The number of hydrogen-bond donors (Lipinski definition) is 2. The summed E-state index contributed by atoms with van der Waals surface area (Å²) in [6, 6.07) is 13.4. The quantitative estimate of drug-likeness (QED) is 0.824. The van der Waals surface area contributed by atoms with Crippen molar-refractivity contribution in [1.82, 2.24) is 0 Å². The van der Waals surface area contributed by atoms with Gasteiger partial charge in [-0.1, -0.05) is 12.1 Å². The van der Waals surface area contributed by atoms with E-state index >= 15 is 0 Å². The zero-order chi connectivity index (χ0) is 13.7. The fourth-order valence-corrected chi connectivity index (χ4v) is 1.46. The van der Waals surface area contributed by atoms with Crippen LogP contribution in [0.5, 0.6) is 17.2 Å². The lowest BCUT2D eigenvalue weighted by Gasteiger charge is -2.05. The number of carbonyl (C=O) groups is 1. The molecule has 0 amide bonds. The topological polar surface area (TPSA) is 66.8 Å². The lowest BCUT2D eigenvalue weighted by atomic mass is 10.2. The Hall–Kier alpha value is -2.75. The summed E-state index contributed by atoms with van der Waals surface area (Å²) in [5.41, 5.74) is 0.778. The van der Waals surface area contributed by atoms with Crippen LogP contribution >= 0.6 is 0 Å². The zero-order valence-electron chi connectivity index (χ0n) is 9.98. The van der Waals surface area contributed by atoms with Gasteiger partial charge in [-0.15, -0.1) is 0 Å². The van der Waals surface area contributed by atoms with Crippen molar-refractivity contribution in [2.45, 2.75) is 0 Å². The molecule has 4 heteroatoms. The van der Waals surface area contributed by atoms with Gasteiger partial charge in [-0.2, -0.15) is 0 Å². The summed E-state index contributed by atoms with van der Waals surface area (Å²) in [4.78, 5) is 10.4. The number of carboxylic acid groups (broad SMARTS) is 1. The van der Waals surface area contributed by atoms with Crippen LogP contribution in [0.3, 0.4) is 0 Å². The van der Waals surface area contributed by atoms with Gasteiger partial charge in [0.15, 0.2) is 0 Å². The molecule has 0 aliphatic carbocycles. The minimum Gasteiger partial charge on any atom is -0.508 e. The van der Waals surface area contributed by atoms with Gasteiger partial charge < -0.3 is 14.9 Å². The van der Waals surface area contributed by atoms with Crippen molar-refractivity contribution >= 4 is 12.0 Å². The Morgan fingerprint density at radius 1 is 0.947 bits per heavy atom. The molecule has 0 heterocycles. The van der Waals surface area contributed by atoms with Gasteiger partial charge in [0.1, 0.15) is 17.2 Å². The molecule has 0 bridgehead atoms. The van der Waals surface area contributed by atoms with E-state index < -0.39 is 5.97 Å². The molecule has 2 N–H and O–H groups in total. The Morgan fingerprint density at radius 2 is 1.47 bits per heavy atom. The highest BCUT2D eigenvalue weighted by Gasteiger charge is 1.97. The molecule has 19 heavy (non-hydrogen) atoms. The van der Waals surface area contributed by atoms with E-state index in [1.165, 1.54) is 6.08 Å². The summed E-state index contributed by atoms with van der Waals surface area (Å²) < 4.78 is 5.56. The molecule has 0 fully saturated rings. The Labute approximate surface area is 110 Å². The van der Waals surface area contributed by atoms with Crippen LogP contribution < -0.4 is 4.74 Å². The van der Waals surface area contributed by atoms with Crippen LogP contribution in [0.2, 0.25) is 0 Å². The Morgan fingerprint density at radius 3 is 2.00 bits per heavy atom. The van der Waals surface area contributed by atoms with Crippen molar-refractivity contribution in [3.05, 3.63) is 60.2 Å². The second-order valence-electron chi connectivity index (χ2n) is 3.84. The first-order valence-electron chi connectivity index (χ1n) is 5.61. The lowest BCUT2D eigenvalue weighted by molar-refractivity contribution is -0.131. The molecular formula is C15H12O4. The largest absolute Gasteiger partial charge is 0.508 e. The van der Waals surface area contributed by atoms with E-state index in [1.807, 2.05) is 0 Å². The summed E-state index contributed by atoms with van der Waals surface area (Å²) >= 11 is 0. The molecule has 0 aromatic heterocycles. The first-order valence-corrected chi connectivity index (χ1v) is 5.61. The van der Waals surface area contributed by atoms with Crippen LogP contribution in [0.1, 0.15) is 5.56 Å². The van der Waals surface area contributed by atoms with E-state index in [1.54, 1.807) is 48.5 Å². The predicted octanol–water partition coefficient (Wildman–Crippen LogP) is 3.28. The average Bonchev–Trinajstić information content (AvgIpc) is 2.40. The monoisotopic (exact) mass is 256 g/mol. The summed E-state index contributed by atoms with van der Waals surface area (Å²) in [6.45, 7) is 0. The van der Waals surface area contributed by atoms with Gasteiger partial charge in [0.05, 0.1) is 0 Å². The van der Waals surface area contributed by atoms with Crippen LogP contribution in [-0.4, -0.2) is 16.2 Å². The van der Waals surface area contributed by atoms with E-state index in [0.29, 0.717) is 11.5 Å². The standard InChI is InChI=1S/C15H12O4/c16-12-4-8-14(9-5-12)19-13-6-1-11(2-7-13)3-10-15(17)18/h1-10,16H,(H,17,18)/b10-3+. The highest BCUT2D eigenvalue weighted by molar-refractivity contribution is 5.85. The summed E-state index contributed by atoms with van der Waals surface area (Å²) in [5, 5.41) is 17.7. The molecule has 2 aromatic carbocycles. The molecule has 0 unspecified atom stereocenters. The van der Waals surface area contributed by atoms with Crippen molar-refractivity contribution in [2.24, 2.45) is 0 Å². The van der Waals surface area contributed by atoms with Crippen LogP contribution in [0, 0.1) is 0 Å². The van der Waals surface area contributed by atoms with Crippen LogP contribution in [0.25, 0.3) is 6.08 Å². The second kappa shape index (κ2) is 5.73. The molecule has 0 saturated carbocycles. The minimum atomic E-state index is -0.982. The summed E-state index contributed by atoms with van der Waals surface area (Å²) in [6.07, 6.45) is 2.59. The van der Waals surface area contributed by atoms with Crippen molar-refractivity contribution < 1.29 is 19.7 Å². The van der Waals surface area contributed by atoms with E-state index in [2.05, 4.69) is 0 Å². The van der Waals surface area contributed by atoms with Crippen LogP contribution in [-0.2, 0) is 4.79 Å². The van der Waals surface area contributed by atoms with Gasteiger partial charge in [0.2, 0.25) is 0 Å². The normalized spacial score (nSPS) is 10.5. The minimum absolute atomic E-state index is 0.182. The fourth-order valence-electron chi connectivity index (χ4n) is 1.46. The van der Waals surface area contributed by atoms with Gasteiger partial charge >= 0.3 is 5.97 Å². The Bertz CT molecular complexity index is 583. The number of hydrogen-bond acceptors (Lipinski definition) is 3. The fraction of sp³-hybridized carbons (Fsp3) is 0. The highest BCUT2D eigenvalue weighted by Crippen LogP contribution is 2.23. The number of aromatic hydroxyl groups is 1. The van der Waals surface area contributed by atoms with Gasteiger partial charge in [0.25, 0.3) is 0 Å². The third-order valence-electron chi connectivity index (χ3n) is 2.37. The predicted molar refractivity (Wildman–Crippen MR) is 71.3 cm³/mol. The third kappa shape index (κ3) is 3.89. The Balaban J connectivity index is 2.06. The number of benzene rings is 2. The van der Waals surface area contributed by atoms with Gasteiger partial charge in [-0.3, -0.25) is 0 Å². The van der Waals surface area contributed by atoms with Crippen molar-refractivity contribution in [3.63, 3.8) is 0 Å². The summed E-state index contributed by atoms with van der Waals surface area (Å²) in [5.74, 6) is 0.454. The zero-order valence-corrected chi connectivity index (χ0v) is 9.98. The van der Waals surface area contributed by atoms with Crippen molar-refractivity contribution in [2.75, 3.05) is 0 Å². The number of phenolic OH excluding ortho intramolecular Hbond substituents is 1. The average molecular weight is 256 g/mol. The number of carboxylic acids is 1. The first-order chi connectivity index (χ1) is 9.13. The molecule has 0 atom stereocenters. The van der Waals surface area contributed by atoms with Crippen molar-refractivity contribution in [1.29, 1.82) is 0 Å². The maximum absolute atomic E-state index is 10.4. The molecule has 0 aliphatic rings. The maximum atomic E-state index is 10.4. The second-order valence-corrected chi connectivity index (χ2v) is 3.84. The van der Waals surface area contributed by atoms with E-state index in [9.17, 15) is 4.79 Å². The van der Waals surface area contributed by atoms with Gasteiger partial charge in [0, 0.05) is 6.08 Å². The molecule has 0 spiro atoms. The smallest absolute Gasteiger partial charge is 0.328 e.